The van der Waals surface area contributed by atoms with Gasteiger partial charge in [-0.1, -0.05) is 31.2 Å². The normalized spacial score (nSPS) is 16.5. The van der Waals surface area contributed by atoms with Gasteiger partial charge in [-0.05, 0) is 36.6 Å². The summed E-state index contributed by atoms with van der Waals surface area (Å²) >= 11 is 0. The number of hydrogen-bond acceptors (Lipinski definition) is 5. The van der Waals surface area contributed by atoms with Crippen molar-refractivity contribution in [3.8, 4) is 17.3 Å². The van der Waals surface area contributed by atoms with Gasteiger partial charge in [-0.25, -0.2) is 9.97 Å². The minimum absolute atomic E-state index is 0.444. The van der Waals surface area contributed by atoms with Gasteiger partial charge in [0.25, 0.3) is 0 Å². The molecule has 3 heterocycles. The summed E-state index contributed by atoms with van der Waals surface area (Å²) < 4.78 is 5.56. The van der Waals surface area contributed by atoms with Crippen LogP contribution in [0.3, 0.4) is 0 Å². The van der Waals surface area contributed by atoms with Crippen LogP contribution in [0.15, 0.2) is 54.7 Å². The number of rotatable bonds is 5. The lowest BCUT2D eigenvalue weighted by molar-refractivity contribution is 0.406. The van der Waals surface area contributed by atoms with E-state index in [9.17, 15) is 0 Å². The van der Waals surface area contributed by atoms with Crippen LogP contribution < -0.4 is 9.64 Å². The monoisotopic (exact) mass is 360 g/mol. The van der Waals surface area contributed by atoms with Crippen LogP contribution in [0.5, 0.6) is 5.75 Å². The standard InChI is InChI=1S/C22H24N4O/c1-3-17-14-21(25-22(24-17)19-9-6-7-12-23-19)26-13-11-16(15-26)18-8-4-5-10-20(18)27-2/h4-10,12,14,16H,3,11,13,15H2,1-2H3. The van der Waals surface area contributed by atoms with E-state index in [-0.39, 0.29) is 0 Å². The maximum Gasteiger partial charge on any atom is 0.180 e. The van der Waals surface area contributed by atoms with E-state index in [1.807, 2.05) is 30.3 Å². The number of nitrogens with zero attached hydrogens (tertiary/aromatic N) is 4. The molecule has 1 atom stereocenters. The van der Waals surface area contributed by atoms with E-state index in [1.165, 1.54) is 5.56 Å². The van der Waals surface area contributed by atoms with Gasteiger partial charge < -0.3 is 9.64 Å². The summed E-state index contributed by atoms with van der Waals surface area (Å²) in [6.07, 6.45) is 3.74. The topological polar surface area (TPSA) is 51.1 Å². The van der Waals surface area contributed by atoms with Crippen molar-refractivity contribution in [1.82, 2.24) is 15.0 Å². The van der Waals surface area contributed by atoms with Crippen LogP contribution in [0.4, 0.5) is 5.82 Å². The second-order valence-electron chi connectivity index (χ2n) is 6.78. The molecule has 0 spiro atoms. The molecule has 0 saturated carbocycles. The van der Waals surface area contributed by atoms with Gasteiger partial charge in [0.15, 0.2) is 5.82 Å². The number of ether oxygens (including phenoxy) is 1. The lowest BCUT2D eigenvalue weighted by Gasteiger charge is -2.20. The maximum atomic E-state index is 5.56. The minimum Gasteiger partial charge on any atom is -0.496 e. The number of aryl methyl sites for hydroxylation is 1. The van der Waals surface area contributed by atoms with Crippen molar-refractivity contribution in [3.05, 3.63) is 66.0 Å². The number of aromatic nitrogens is 3. The number of pyridine rings is 1. The van der Waals surface area contributed by atoms with Gasteiger partial charge in [0, 0.05) is 37.0 Å². The number of para-hydroxylation sites is 1. The summed E-state index contributed by atoms with van der Waals surface area (Å²) in [6.45, 7) is 4.03. The van der Waals surface area contributed by atoms with Crippen LogP contribution in [0, 0.1) is 0 Å². The molecule has 5 heteroatoms. The molecular weight excluding hydrogens is 336 g/mol. The van der Waals surface area contributed by atoms with Crippen molar-refractivity contribution in [3.63, 3.8) is 0 Å². The predicted octanol–water partition coefficient (Wildman–Crippen LogP) is 4.10. The van der Waals surface area contributed by atoms with Gasteiger partial charge in [0.05, 0.1) is 7.11 Å². The van der Waals surface area contributed by atoms with E-state index in [2.05, 4.69) is 40.0 Å². The molecular formula is C22H24N4O. The van der Waals surface area contributed by atoms with E-state index in [4.69, 9.17) is 9.72 Å². The first-order valence-corrected chi connectivity index (χ1v) is 9.45. The van der Waals surface area contributed by atoms with Crippen molar-refractivity contribution in [2.24, 2.45) is 0 Å². The third-order valence-electron chi connectivity index (χ3n) is 5.11. The summed E-state index contributed by atoms with van der Waals surface area (Å²) in [5, 5.41) is 0. The fourth-order valence-corrected chi connectivity index (χ4v) is 3.66. The molecule has 0 N–H and O–H groups in total. The summed E-state index contributed by atoms with van der Waals surface area (Å²) in [6, 6.07) is 16.3. The first-order valence-electron chi connectivity index (χ1n) is 9.45. The number of benzene rings is 1. The van der Waals surface area contributed by atoms with Crippen molar-refractivity contribution in [2.75, 3.05) is 25.1 Å². The van der Waals surface area contributed by atoms with Crippen molar-refractivity contribution < 1.29 is 4.74 Å². The molecule has 3 aromatic rings. The smallest absolute Gasteiger partial charge is 0.180 e. The Morgan fingerprint density at radius 2 is 1.96 bits per heavy atom. The molecule has 1 fully saturated rings. The van der Waals surface area contributed by atoms with Crippen LogP contribution in [0.25, 0.3) is 11.5 Å². The second kappa shape index (κ2) is 7.74. The number of anilines is 1. The lowest BCUT2D eigenvalue weighted by Crippen LogP contribution is -2.21. The van der Waals surface area contributed by atoms with E-state index in [0.717, 1.165) is 48.9 Å². The van der Waals surface area contributed by atoms with Gasteiger partial charge in [-0.15, -0.1) is 0 Å². The van der Waals surface area contributed by atoms with Crippen molar-refractivity contribution >= 4 is 5.82 Å². The molecule has 0 radical (unpaired) electrons. The zero-order chi connectivity index (χ0) is 18.6. The first kappa shape index (κ1) is 17.5. The Labute approximate surface area is 160 Å². The molecule has 4 rings (SSSR count). The molecule has 5 nitrogen and oxygen atoms in total. The third kappa shape index (κ3) is 3.63. The van der Waals surface area contributed by atoms with Gasteiger partial charge in [0.1, 0.15) is 17.3 Å². The van der Waals surface area contributed by atoms with Crippen molar-refractivity contribution in [2.45, 2.75) is 25.7 Å². The van der Waals surface area contributed by atoms with Gasteiger partial charge >= 0.3 is 0 Å². The maximum absolute atomic E-state index is 5.56. The highest BCUT2D eigenvalue weighted by Gasteiger charge is 2.27. The fourth-order valence-electron chi connectivity index (χ4n) is 3.66. The SMILES string of the molecule is CCc1cc(N2CCC(c3ccccc3OC)C2)nc(-c2ccccn2)n1. The molecule has 0 amide bonds. The minimum atomic E-state index is 0.444. The molecule has 1 unspecified atom stereocenters. The molecule has 1 aliphatic rings. The predicted molar refractivity (Wildman–Crippen MR) is 107 cm³/mol. The Bertz CT molecular complexity index is 913. The quantitative estimate of drug-likeness (QED) is 0.685. The van der Waals surface area contributed by atoms with Crippen molar-refractivity contribution in [1.29, 1.82) is 0 Å². The molecule has 27 heavy (non-hydrogen) atoms. The zero-order valence-electron chi connectivity index (χ0n) is 15.8. The largest absolute Gasteiger partial charge is 0.496 e. The molecule has 1 saturated heterocycles. The highest BCUT2D eigenvalue weighted by Crippen LogP contribution is 2.35. The molecule has 0 aliphatic carbocycles. The summed E-state index contributed by atoms with van der Waals surface area (Å²) in [5.41, 5.74) is 3.13. The first-order chi connectivity index (χ1) is 13.3. The van der Waals surface area contributed by atoms with Crippen LogP contribution in [-0.4, -0.2) is 35.2 Å². The Morgan fingerprint density at radius 1 is 1.11 bits per heavy atom. The van der Waals surface area contributed by atoms with Gasteiger partial charge in [-0.3, -0.25) is 4.98 Å². The van der Waals surface area contributed by atoms with Crippen LogP contribution in [-0.2, 0) is 6.42 Å². The van der Waals surface area contributed by atoms with Crippen LogP contribution in [0.2, 0.25) is 0 Å². The fraction of sp³-hybridized carbons (Fsp3) is 0.318. The van der Waals surface area contributed by atoms with E-state index in [1.54, 1.807) is 13.3 Å². The number of hydrogen-bond donors (Lipinski definition) is 0. The highest BCUT2D eigenvalue weighted by atomic mass is 16.5. The van der Waals surface area contributed by atoms with E-state index >= 15 is 0 Å². The van der Waals surface area contributed by atoms with E-state index < -0.39 is 0 Å². The molecule has 2 aromatic heterocycles. The Hall–Kier alpha value is -2.95. The summed E-state index contributed by atoms with van der Waals surface area (Å²) in [4.78, 5) is 16.3. The van der Waals surface area contributed by atoms with E-state index in [0.29, 0.717) is 11.7 Å². The molecule has 1 aromatic carbocycles. The Kier molecular flexibility index (Phi) is 5.01. The second-order valence-corrected chi connectivity index (χ2v) is 6.78. The molecule has 138 valence electrons. The Balaban J connectivity index is 1.62. The lowest BCUT2D eigenvalue weighted by atomic mass is 9.97. The molecule has 0 bridgehead atoms. The average Bonchev–Trinajstić information content (AvgIpc) is 3.24. The van der Waals surface area contributed by atoms with Gasteiger partial charge in [-0.2, -0.15) is 0 Å². The highest BCUT2D eigenvalue weighted by molar-refractivity contribution is 5.54. The summed E-state index contributed by atoms with van der Waals surface area (Å²) in [7, 11) is 1.74. The molecule has 1 aliphatic heterocycles. The third-order valence-corrected chi connectivity index (χ3v) is 5.11. The summed E-state index contributed by atoms with van der Waals surface area (Å²) in [5.74, 6) is 3.10. The Morgan fingerprint density at radius 3 is 2.74 bits per heavy atom. The average molecular weight is 360 g/mol. The number of methoxy groups -OCH3 is 1. The van der Waals surface area contributed by atoms with Crippen LogP contribution in [0.1, 0.15) is 30.5 Å². The van der Waals surface area contributed by atoms with Crippen LogP contribution >= 0.6 is 0 Å². The zero-order valence-corrected chi connectivity index (χ0v) is 15.8. The van der Waals surface area contributed by atoms with Gasteiger partial charge in [0.2, 0.25) is 0 Å².